The van der Waals surface area contributed by atoms with E-state index in [0.29, 0.717) is 0 Å². The van der Waals surface area contributed by atoms with Crippen LogP contribution in [0, 0.1) is 0 Å². The Balaban J connectivity index is 1.85. The molecule has 0 bridgehead atoms. The molecule has 0 amide bonds. The molecule has 0 saturated heterocycles. The summed E-state index contributed by atoms with van der Waals surface area (Å²) in [5, 5.41) is 4.36. The van der Waals surface area contributed by atoms with Gasteiger partial charge in [0.1, 0.15) is 6.10 Å². The third-order valence-corrected chi connectivity index (χ3v) is 3.85. The summed E-state index contributed by atoms with van der Waals surface area (Å²) < 4.78 is 7.88. The molecule has 0 aliphatic carbocycles. The number of hydrogen-bond donors (Lipinski definition) is 1. The molecule has 2 heterocycles. The molecular weight excluding hydrogens is 250 g/mol. The minimum atomic E-state index is -0.165. The molecule has 0 spiro atoms. The lowest BCUT2D eigenvalue weighted by Gasteiger charge is -2.30. The number of nitrogens with two attached hydrogens (primary N) is 1. The fourth-order valence-corrected chi connectivity index (χ4v) is 2.80. The third kappa shape index (κ3) is 2.49. The molecule has 0 saturated carbocycles. The molecule has 2 unspecified atom stereocenters. The van der Waals surface area contributed by atoms with Crippen LogP contribution in [0.5, 0.6) is 0 Å². The smallest absolute Gasteiger partial charge is 0.102 e. The molecule has 4 nitrogen and oxygen atoms in total. The standard InChI is InChI=1S/C16H21N3O/c1-2-8-19-11-13(10-18-19)15(17)16-14-6-4-3-5-12(14)7-9-20-16/h3-6,10-11,15-16H,2,7-9,17H2,1H3. The molecule has 4 heteroatoms. The van der Waals surface area contributed by atoms with Gasteiger partial charge in [-0.25, -0.2) is 0 Å². The molecule has 3 rings (SSSR count). The lowest BCUT2D eigenvalue weighted by Crippen LogP contribution is -2.27. The highest BCUT2D eigenvalue weighted by Gasteiger charge is 2.28. The highest BCUT2D eigenvalue weighted by Crippen LogP contribution is 2.35. The van der Waals surface area contributed by atoms with E-state index in [4.69, 9.17) is 10.5 Å². The number of rotatable bonds is 4. The Morgan fingerprint density at radius 1 is 1.45 bits per heavy atom. The van der Waals surface area contributed by atoms with Gasteiger partial charge in [0.25, 0.3) is 0 Å². The summed E-state index contributed by atoms with van der Waals surface area (Å²) >= 11 is 0. The number of ether oxygens (including phenoxy) is 1. The van der Waals surface area contributed by atoms with Gasteiger partial charge >= 0.3 is 0 Å². The first-order valence-corrected chi connectivity index (χ1v) is 7.27. The molecule has 106 valence electrons. The highest BCUT2D eigenvalue weighted by molar-refractivity contribution is 5.33. The zero-order valence-electron chi connectivity index (χ0n) is 11.8. The maximum Gasteiger partial charge on any atom is 0.102 e. The Morgan fingerprint density at radius 2 is 2.30 bits per heavy atom. The first-order valence-electron chi connectivity index (χ1n) is 7.27. The van der Waals surface area contributed by atoms with Crippen molar-refractivity contribution in [2.45, 2.75) is 38.5 Å². The van der Waals surface area contributed by atoms with Crippen LogP contribution in [0.4, 0.5) is 0 Å². The number of hydrogen-bond acceptors (Lipinski definition) is 3. The number of aryl methyl sites for hydroxylation is 1. The SMILES string of the molecule is CCCn1cc(C(N)C2OCCc3ccccc32)cn1. The zero-order chi connectivity index (χ0) is 13.9. The van der Waals surface area contributed by atoms with E-state index in [1.165, 1.54) is 11.1 Å². The summed E-state index contributed by atoms with van der Waals surface area (Å²) in [5.74, 6) is 0. The summed E-state index contributed by atoms with van der Waals surface area (Å²) in [4.78, 5) is 0. The predicted octanol–water partition coefficient (Wildman–Crippen LogP) is 2.61. The van der Waals surface area contributed by atoms with Crippen LogP contribution in [0.3, 0.4) is 0 Å². The lowest BCUT2D eigenvalue weighted by molar-refractivity contribution is 0.0241. The molecule has 2 atom stereocenters. The van der Waals surface area contributed by atoms with E-state index >= 15 is 0 Å². The minimum Gasteiger partial charge on any atom is -0.371 e. The van der Waals surface area contributed by atoms with Crippen molar-refractivity contribution in [1.29, 1.82) is 0 Å². The van der Waals surface area contributed by atoms with Gasteiger partial charge in [-0.1, -0.05) is 31.2 Å². The molecule has 1 aliphatic heterocycles. The molecule has 2 N–H and O–H groups in total. The quantitative estimate of drug-likeness (QED) is 0.930. The Morgan fingerprint density at radius 3 is 3.15 bits per heavy atom. The van der Waals surface area contributed by atoms with Gasteiger partial charge in [-0.15, -0.1) is 0 Å². The van der Waals surface area contributed by atoms with Crippen molar-refractivity contribution in [3.63, 3.8) is 0 Å². The van der Waals surface area contributed by atoms with Gasteiger partial charge in [-0.2, -0.15) is 5.10 Å². The molecule has 1 aromatic heterocycles. The van der Waals surface area contributed by atoms with Crippen LogP contribution in [0.1, 0.15) is 42.2 Å². The average Bonchev–Trinajstić information content (AvgIpc) is 2.95. The number of fused-ring (bicyclic) bond motifs is 1. The molecule has 0 fully saturated rings. The van der Waals surface area contributed by atoms with E-state index in [1.54, 1.807) is 0 Å². The number of nitrogens with zero attached hydrogens (tertiary/aromatic N) is 2. The van der Waals surface area contributed by atoms with E-state index in [1.807, 2.05) is 23.1 Å². The van der Waals surface area contributed by atoms with Crippen molar-refractivity contribution < 1.29 is 4.74 Å². The molecule has 2 aromatic rings. The average molecular weight is 271 g/mol. The van der Waals surface area contributed by atoms with Gasteiger partial charge in [0.05, 0.1) is 18.8 Å². The largest absolute Gasteiger partial charge is 0.371 e. The van der Waals surface area contributed by atoms with Gasteiger partial charge in [0.2, 0.25) is 0 Å². The molecule has 1 aromatic carbocycles. The van der Waals surface area contributed by atoms with E-state index in [0.717, 1.165) is 31.6 Å². The first kappa shape index (κ1) is 13.3. The Labute approximate surface area is 119 Å². The van der Waals surface area contributed by atoms with Crippen LogP contribution in [0.15, 0.2) is 36.7 Å². The normalized spacial score (nSPS) is 19.6. The minimum absolute atomic E-state index is 0.0702. The second-order valence-corrected chi connectivity index (χ2v) is 5.30. The van der Waals surface area contributed by atoms with Crippen LogP contribution in [-0.4, -0.2) is 16.4 Å². The Bertz CT molecular complexity index is 579. The van der Waals surface area contributed by atoms with Gasteiger partial charge in [0, 0.05) is 18.3 Å². The summed E-state index contributed by atoms with van der Waals surface area (Å²) in [6.07, 6.45) is 5.86. The van der Waals surface area contributed by atoms with Gasteiger partial charge in [-0.05, 0) is 24.0 Å². The summed E-state index contributed by atoms with van der Waals surface area (Å²) in [7, 11) is 0. The van der Waals surface area contributed by atoms with Crippen LogP contribution in [0.25, 0.3) is 0 Å². The monoisotopic (exact) mass is 271 g/mol. The number of benzene rings is 1. The fraction of sp³-hybridized carbons (Fsp3) is 0.438. The highest BCUT2D eigenvalue weighted by atomic mass is 16.5. The maximum absolute atomic E-state index is 6.42. The second kappa shape index (κ2) is 5.77. The van der Waals surface area contributed by atoms with Crippen LogP contribution in [-0.2, 0) is 17.7 Å². The Hall–Kier alpha value is -1.65. The maximum atomic E-state index is 6.42. The van der Waals surface area contributed by atoms with Crippen molar-refractivity contribution in [3.8, 4) is 0 Å². The summed E-state index contributed by atoms with van der Waals surface area (Å²) in [6, 6.07) is 8.25. The molecule has 20 heavy (non-hydrogen) atoms. The van der Waals surface area contributed by atoms with Gasteiger partial charge in [-0.3, -0.25) is 4.68 Å². The van der Waals surface area contributed by atoms with Crippen LogP contribution in [0.2, 0.25) is 0 Å². The van der Waals surface area contributed by atoms with E-state index < -0.39 is 0 Å². The first-order chi connectivity index (χ1) is 9.79. The van der Waals surface area contributed by atoms with Crippen LogP contribution >= 0.6 is 0 Å². The fourth-order valence-electron chi connectivity index (χ4n) is 2.80. The summed E-state index contributed by atoms with van der Waals surface area (Å²) in [6.45, 7) is 3.80. The van der Waals surface area contributed by atoms with Crippen molar-refractivity contribution in [2.24, 2.45) is 5.73 Å². The van der Waals surface area contributed by atoms with Crippen LogP contribution < -0.4 is 5.73 Å². The molecule has 0 radical (unpaired) electrons. The predicted molar refractivity (Wildman–Crippen MR) is 78.3 cm³/mol. The third-order valence-electron chi connectivity index (χ3n) is 3.85. The van der Waals surface area contributed by atoms with Gasteiger partial charge in [0.15, 0.2) is 0 Å². The van der Waals surface area contributed by atoms with Crippen molar-refractivity contribution in [3.05, 3.63) is 53.3 Å². The van der Waals surface area contributed by atoms with E-state index in [-0.39, 0.29) is 12.1 Å². The topological polar surface area (TPSA) is 53.1 Å². The molecule has 1 aliphatic rings. The Kier molecular flexibility index (Phi) is 3.85. The van der Waals surface area contributed by atoms with Gasteiger partial charge < -0.3 is 10.5 Å². The van der Waals surface area contributed by atoms with Crippen molar-refractivity contribution >= 4 is 0 Å². The van der Waals surface area contributed by atoms with E-state index in [9.17, 15) is 0 Å². The van der Waals surface area contributed by atoms with Crippen molar-refractivity contribution in [2.75, 3.05) is 6.61 Å². The van der Waals surface area contributed by atoms with E-state index in [2.05, 4.69) is 30.2 Å². The zero-order valence-corrected chi connectivity index (χ0v) is 11.8. The summed E-state index contributed by atoms with van der Waals surface area (Å²) in [5.41, 5.74) is 10.0. The van der Waals surface area contributed by atoms with Crippen molar-refractivity contribution in [1.82, 2.24) is 9.78 Å². The number of aromatic nitrogens is 2. The lowest BCUT2D eigenvalue weighted by atomic mass is 9.91. The second-order valence-electron chi connectivity index (χ2n) is 5.30. The molecular formula is C16H21N3O.